The lowest BCUT2D eigenvalue weighted by Crippen LogP contribution is -2.20. The number of carbonyl (C=O) groups is 2. The van der Waals surface area contributed by atoms with Crippen LogP contribution in [0.2, 0.25) is 10.0 Å². The molecule has 0 radical (unpaired) electrons. The second kappa shape index (κ2) is 10.2. The molecule has 2 N–H and O–H groups in total. The van der Waals surface area contributed by atoms with Gasteiger partial charge in [0, 0.05) is 22.8 Å². The molecule has 0 spiro atoms. The van der Waals surface area contributed by atoms with Crippen molar-refractivity contribution in [1.29, 1.82) is 0 Å². The van der Waals surface area contributed by atoms with Crippen LogP contribution in [0.1, 0.15) is 18.4 Å². The average Bonchev–Trinajstić information content (AvgIpc) is 2.63. The van der Waals surface area contributed by atoms with Gasteiger partial charge >= 0.3 is 0 Å². The zero-order valence-electron chi connectivity index (χ0n) is 14.0. The second-order valence-electron chi connectivity index (χ2n) is 5.24. The minimum Gasteiger partial charge on any atom is -0.325 e. The summed E-state index contributed by atoms with van der Waals surface area (Å²) in [7, 11) is 0. The van der Waals surface area contributed by atoms with Crippen molar-refractivity contribution in [2.24, 2.45) is 5.10 Å². The first-order valence-electron chi connectivity index (χ1n) is 7.69. The molecule has 2 aromatic carbocycles. The third-order valence-electron chi connectivity index (χ3n) is 3.30. The van der Waals surface area contributed by atoms with Gasteiger partial charge in [0.05, 0.1) is 16.9 Å². The number of hydrazone groups is 1. The Kier molecular flexibility index (Phi) is 7.97. The second-order valence-corrected chi connectivity index (χ2v) is 6.96. The Morgan fingerprint density at radius 3 is 2.42 bits per heavy atom. The van der Waals surface area contributed by atoms with Crippen LogP contribution in [0.25, 0.3) is 0 Å². The molecule has 2 aromatic rings. The number of hydrogen-bond acceptors (Lipinski definition) is 4. The van der Waals surface area contributed by atoms with E-state index in [0.717, 1.165) is 10.5 Å². The Bertz CT molecular complexity index is 811. The predicted octanol–water partition coefficient (Wildman–Crippen LogP) is 4.58. The summed E-state index contributed by atoms with van der Waals surface area (Å²) in [6.07, 6.45) is 3.58. The lowest BCUT2D eigenvalue weighted by molar-refractivity contribution is -0.124. The van der Waals surface area contributed by atoms with Gasteiger partial charge in [-0.2, -0.15) is 5.10 Å². The topological polar surface area (TPSA) is 70.6 Å². The minimum atomic E-state index is -0.348. The molecule has 0 unspecified atom stereocenters. The monoisotopic (exact) mass is 409 g/mol. The van der Waals surface area contributed by atoms with Gasteiger partial charge in [0.2, 0.25) is 11.8 Å². The van der Waals surface area contributed by atoms with E-state index in [1.54, 1.807) is 30.1 Å². The molecule has 5 nitrogen and oxygen atoms in total. The number of hydrogen-bond donors (Lipinski definition) is 2. The molecule has 0 aliphatic heterocycles. The lowest BCUT2D eigenvalue weighted by atomic mass is 10.2. The standard InChI is InChI=1S/C18H17Cl2N3O2S/c1-26-14-5-2-12(3-6-14)11-21-23-18(25)9-8-17(24)22-16-7-4-13(19)10-15(16)20/h2-7,10-11H,8-9H2,1H3,(H,22,24)(H,23,25)/b21-11+. The van der Waals surface area contributed by atoms with E-state index >= 15 is 0 Å². The van der Waals surface area contributed by atoms with E-state index in [2.05, 4.69) is 15.8 Å². The predicted molar refractivity (Wildman–Crippen MR) is 108 cm³/mol. The van der Waals surface area contributed by atoms with E-state index in [0.29, 0.717) is 15.7 Å². The van der Waals surface area contributed by atoms with Crippen molar-refractivity contribution in [3.8, 4) is 0 Å². The number of nitrogens with one attached hydrogen (secondary N) is 2. The highest BCUT2D eigenvalue weighted by Gasteiger charge is 2.09. The molecule has 0 saturated carbocycles. The molecule has 0 saturated heterocycles. The zero-order valence-corrected chi connectivity index (χ0v) is 16.3. The van der Waals surface area contributed by atoms with Gasteiger partial charge in [0.1, 0.15) is 0 Å². The molecule has 0 aliphatic rings. The molecule has 0 bridgehead atoms. The minimum absolute atomic E-state index is 0.0137. The van der Waals surface area contributed by atoms with Gasteiger partial charge < -0.3 is 5.32 Å². The molecule has 0 atom stereocenters. The number of amides is 2. The van der Waals surface area contributed by atoms with Crippen LogP contribution in [0.4, 0.5) is 5.69 Å². The molecular formula is C18H17Cl2N3O2S. The van der Waals surface area contributed by atoms with Crippen molar-refractivity contribution < 1.29 is 9.59 Å². The lowest BCUT2D eigenvalue weighted by Gasteiger charge is -2.07. The van der Waals surface area contributed by atoms with Crippen LogP contribution in [0.15, 0.2) is 52.5 Å². The zero-order chi connectivity index (χ0) is 18.9. The Morgan fingerprint density at radius 1 is 1.08 bits per heavy atom. The summed E-state index contributed by atoms with van der Waals surface area (Å²) in [6, 6.07) is 12.5. The molecular weight excluding hydrogens is 393 g/mol. The van der Waals surface area contributed by atoms with Gasteiger partial charge in [0.15, 0.2) is 0 Å². The Hall–Kier alpha value is -2.02. The van der Waals surface area contributed by atoms with Crippen LogP contribution in [0, 0.1) is 0 Å². The first-order valence-corrected chi connectivity index (χ1v) is 9.67. The van der Waals surface area contributed by atoms with Crippen molar-refractivity contribution in [3.63, 3.8) is 0 Å². The molecule has 136 valence electrons. The van der Waals surface area contributed by atoms with Crippen LogP contribution in [0.5, 0.6) is 0 Å². The van der Waals surface area contributed by atoms with Gasteiger partial charge in [-0.15, -0.1) is 11.8 Å². The third kappa shape index (κ3) is 6.71. The number of benzene rings is 2. The average molecular weight is 410 g/mol. The van der Waals surface area contributed by atoms with Gasteiger partial charge in [0.25, 0.3) is 0 Å². The van der Waals surface area contributed by atoms with E-state index in [-0.39, 0.29) is 24.7 Å². The number of halogens is 2. The number of nitrogens with zero attached hydrogens (tertiary/aromatic N) is 1. The summed E-state index contributed by atoms with van der Waals surface area (Å²) < 4.78 is 0. The molecule has 26 heavy (non-hydrogen) atoms. The van der Waals surface area contributed by atoms with Crippen molar-refractivity contribution in [2.45, 2.75) is 17.7 Å². The Morgan fingerprint density at radius 2 is 1.77 bits per heavy atom. The van der Waals surface area contributed by atoms with E-state index in [4.69, 9.17) is 23.2 Å². The summed E-state index contributed by atoms with van der Waals surface area (Å²) in [5.74, 6) is -0.666. The van der Waals surface area contributed by atoms with Crippen LogP contribution < -0.4 is 10.7 Å². The van der Waals surface area contributed by atoms with Crippen LogP contribution in [-0.4, -0.2) is 24.3 Å². The van der Waals surface area contributed by atoms with Crippen LogP contribution >= 0.6 is 35.0 Å². The SMILES string of the molecule is CSc1ccc(/C=N/NC(=O)CCC(=O)Nc2ccc(Cl)cc2Cl)cc1. The quantitative estimate of drug-likeness (QED) is 0.399. The number of rotatable bonds is 7. The Balaban J connectivity index is 1.75. The van der Waals surface area contributed by atoms with Crippen molar-refractivity contribution >= 4 is 58.7 Å². The fraction of sp³-hybridized carbons (Fsp3) is 0.167. The van der Waals surface area contributed by atoms with E-state index in [1.165, 1.54) is 6.07 Å². The maximum absolute atomic E-state index is 11.9. The molecule has 0 aromatic heterocycles. The summed E-state index contributed by atoms with van der Waals surface area (Å²) in [6.45, 7) is 0. The summed E-state index contributed by atoms with van der Waals surface area (Å²) >= 11 is 13.4. The fourth-order valence-corrected chi connectivity index (χ4v) is 2.82. The number of anilines is 1. The van der Waals surface area contributed by atoms with Crippen LogP contribution in [0.3, 0.4) is 0 Å². The highest BCUT2D eigenvalue weighted by Crippen LogP contribution is 2.25. The first kappa shape index (κ1) is 20.3. The smallest absolute Gasteiger partial charge is 0.240 e. The largest absolute Gasteiger partial charge is 0.325 e. The summed E-state index contributed by atoms with van der Waals surface area (Å²) in [5, 5.41) is 7.34. The van der Waals surface area contributed by atoms with E-state index < -0.39 is 0 Å². The number of thioether (sulfide) groups is 1. The molecule has 0 aliphatic carbocycles. The summed E-state index contributed by atoms with van der Waals surface area (Å²) in [4.78, 5) is 24.8. The van der Waals surface area contributed by atoms with Gasteiger partial charge in [-0.1, -0.05) is 35.3 Å². The highest BCUT2D eigenvalue weighted by atomic mass is 35.5. The molecule has 0 heterocycles. The van der Waals surface area contributed by atoms with Gasteiger partial charge in [-0.3, -0.25) is 9.59 Å². The number of carbonyl (C=O) groups excluding carboxylic acids is 2. The molecule has 2 rings (SSSR count). The normalized spacial score (nSPS) is 10.7. The Labute approximate surface area is 166 Å². The molecule has 8 heteroatoms. The molecule has 2 amide bonds. The van der Waals surface area contributed by atoms with Crippen molar-refractivity contribution in [1.82, 2.24) is 5.43 Å². The highest BCUT2D eigenvalue weighted by molar-refractivity contribution is 7.98. The maximum Gasteiger partial charge on any atom is 0.240 e. The van der Waals surface area contributed by atoms with Crippen LogP contribution in [-0.2, 0) is 9.59 Å². The van der Waals surface area contributed by atoms with E-state index in [9.17, 15) is 9.59 Å². The maximum atomic E-state index is 11.9. The van der Waals surface area contributed by atoms with Gasteiger partial charge in [-0.05, 0) is 42.2 Å². The first-order chi connectivity index (χ1) is 12.5. The van der Waals surface area contributed by atoms with Crippen molar-refractivity contribution in [2.75, 3.05) is 11.6 Å². The van der Waals surface area contributed by atoms with E-state index in [1.807, 2.05) is 30.5 Å². The molecule has 0 fully saturated rings. The van der Waals surface area contributed by atoms with Gasteiger partial charge in [-0.25, -0.2) is 5.43 Å². The third-order valence-corrected chi connectivity index (χ3v) is 4.59. The van der Waals surface area contributed by atoms with Crippen molar-refractivity contribution in [3.05, 3.63) is 58.1 Å². The summed E-state index contributed by atoms with van der Waals surface area (Å²) in [5.41, 5.74) is 3.72. The fourth-order valence-electron chi connectivity index (χ4n) is 1.96.